The van der Waals surface area contributed by atoms with Crippen LogP contribution >= 0.6 is 0 Å². The second-order valence-electron chi connectivity index (χ2n) is 4.17. The largest absolute Gasteiger partial charge is 0.508 e. The topological polar surface area (TPSA) is 57.5 Å². The number of fused-ring (bicyclic) bond motifs is 1. The number of carbonyl (C=O) groups excluding carboxylic acids is 1. The Morgan fingerprint density at radius 3 is 2.00 bits per heavy atom. The summed E-state index contributed by atoms with van der Waals surface area (Å²) in [5.41, 5.74) is 0.359. The Bertz CT molecular complexity index is 706. The number of para-hydroxylation sites is 1. The highest BCUT2D eigenvalue weighted by Crippen LogP contribution is 2.24. The summed E-state index contributed by atoms with van der Waals surface area (Å²) in [6, 6.07) is 19.5. The predicted molar refractivity (Wildman–Crippen MR) is 79.1 cm³/mol. The molecule has 0 atom stereocenters. The van der Waals surface area contributed by atoms with E-state index in [2.05, 4.69) is 0 Å². The molecule has 0 radical (unpaired) electrons. The van der Waals surface area contributed by atoms with Gasteiger partial charge in [-0.25, -0.2) is 0 Å². The van der Waals surface area contributed by atoms with Gasteiger partial charge in [0.1, 0.15) is 11.5 Å². The van der Waals surface area contributed by atoms with Gasteiger partial charge in [-0.3, -0.25) is 4.79 Å². The summed E-state index contributed by atoms with van der Waals surface area (Å²) < 4.78 is 0. The summed E-state index contributed by atoms with van der Waals surface area (Å²) in [4.78, 5) is 10.7. The van der Waals surface area contributed by atoms with Crippen molar-refractivity contribution in [3.63, 3.8) is 0 Å². The summed E-state index contributed by atoms with van der Waals surface area (Å²) in [5.74, 6) is 0.358. The molecule has 0 unspecified atom stereocenters. The van der Waals surface area contributed by atoms with E-state index in [1.54, 1.807) is 30.3 Å². The smallest absolute Gasteiger partial charge is 0.154 e. The van der Waals surface area contributed by atoms with Crippen molar-refractivity contribution in [2.24, 2.45) is 0 Å². The second kappa shape index (κ2) is 6.38. The van der Waals surface area contributed by atoms with Gasteiger partial charge < -0.3 is 10.2 Å². The normalized spacial score (nSPS) is 9.60. The van der Waals surface area contributed by atoms with E-state index in [0.717, 1.165) is 10.8 Å². The molecular formula is C17H14O3. The Balaban J connectivity index is 0.000000178. The van der Waals surface area contributed by atoms with Crippen LogP contribution in [0.5, 0.6) is 11.5 Å². The van der Waals surface area contributed by atoms with Crippen molar-refractivity contribution in [1.29, 1.82) is 0 Å². The average molecular weight is 266 g/mol. The van der Waals surface area contributed by atoms with Gasteiger partial charge in [0, 0.05) is 0 Å². The lowest BCUT2D eigenvalue weighted by Gasteiger charge is -2.01. The SMILES string of the molecule is O=Cc1c(O)ccc2ccccc12.Oc1ccccc1. The van der Waals surface area contributed by atoms with Gasteiger partial charge in [0.15, 0.2) is 6.29 Å². The van der Waals surface area contributed by atoms with Crippen molar-refractivity contribution in [3.05, 3.63) is 72.3 Å². The molecule has 0 fully saturated rings. The van der Waals surface area contributed by atoms with Crippen molar-refractivity contribution < 1.29 is 15.0 Å². The third-order valence-electron chi connectivity index (χ3n) is 2.82. The first-order valence-corrected chi connectivity index (χ1v) is 6.12. The molecule has 3 rings (SSSR count). The zero-order valence-corrected chi connectivity index (χ0v) is 10.7. The Hall–Kier alpha value is -2.81. The van der Waals surface area contributed by atoms with E-state index in [9.17, 15) is 9.90 Å². The third-order valence-corrected chi connectivity index (χ3v) is 2.82. The van der Waals surface area contributed by atoms with Gasteiger partial charge in [-0.1, -0.05) is 48.5 Å². The maximum atomic E-state index is 10.7. The van der Waals surface area contributed by atoms with Gasteiger partial charge in [-0.2, -0.15) is 0 Å². The van der Waals surface area contributed by atoms with E-state index in [0.29, 0.717) is 17.6 Å². The number of phenols is 2. The number of aromatic hydroxyl groups is 2. The molecule has 0 heterocycles. The summed E-state index contributed by atoms with van der Waals surface area (Å²) in [6.45, 7) is 0. The van der Waals surface area contributed by atoms with Crippen molar-refractivity contribution in [2.45, 2.75) is 0 Å². The minimum absolute atomic E-state index is 0.0358. The molecule has 0 saturated heterocycles. The summed E-state index contributed by atoms with van der Waals surface area (Å²) in [5, 5.41) is 19.8. The second-order valence-corrected chi connectivity index (χ2v) is 4.17. The number of aldehydes is 1. The van der Waals surface area contributed by atoms with Crippen LogP contribution in [-0.4, -0.2) is 16.5 Å². The molecule has 0 amide bonds. The fourth-order valence-electron chi connectivity index (χ4n) is 1.84. The highest BCUT2D eigenvalue weighted by Gasteiger charge is 2.03. The Morgan fingerprint density at radius 1 is 0.750 bits per heavy atom. The number of rotatable bonds is 1. The fraction of sp³-hybridized carbons (Fsp3) is 0. The molecule has 0 aliphatic rings. The van der Waals surface area contributed by atoms with E-state index in [1.807, 2.05) is 30.3 Å². The number of carbonyl (C=O) groups is 1. The molecular weight excluding hydrogens is 252 g/mol. The molecule has 2 N–H and O–H groups in total. The Kier molecular flexibility index (Phi) is 4.35. The van der Waals surface area contributed by atoms with Crippen LogP contribution in [0.2, 0.25) is 0 Å². The first-order chi connectivity index (χ1) is 9.72. The van der Waals surface area contributed by atoms with Crippen molar-refractivity contribution in [3.8, 4) is 11.5 Å². The van der Waals surface area contributed by atoms with Gasteiger partial charge in [0.2, 0.25) is 0 Å². The summed E-state index contributed by atoms with van der Waals surface area (Å²) >= 11 is 0. The standard InChI is InChI=1S/C11H8O2.C6H6O/c12-7-10-9-4-2-1-3-8(9)5-6-11(10)13;7-6-4-2-1-3-5-6/h1-7,13H;1-5,7H. The lowest BCUT2D eigenvalue weighted by molar-refractivity contribution is 0.112. The monoisotopic (exact) mass is 266 g/mol. The molecule has 3 nitrogen and oxygen atoms in total. The fourth-order valence-corrected chi connectivity index (χ4v) is 1.84. The summed E-state index contributed by atoms with van der Waals surface area (Å²) in [7, 11) is 0. The predicted octanol–water partition coefficient (Wildman–Crippen LogP) is 3.75. The number of benzene rings is 3. The van der Waals surface area contributed by atoms with Gasteiger partial charge in [0.25, 0.3) is 0 Å². The average Bonchev–Trinajstić information content (AvgIpc) is 2.49. The third kappa shape index (κ3) is 3.14. The molecule has 0 saturated carbocycles. The van der Waals surface area contributed by atoms with E-state index in [-0.39, 0.29) is 5.75 Å². The molecule has 0 spiro atoms. The zero-order valence-electron chi connectivity index (χ0n) is 10.7. The molecule has 3 aromatic rings. The summed E-state index contributed by atoms with van der Waals surface area (Å²) in [6.07, 6.45) is 0.678. The van der Waals surface area contributed by atoms with Crippen molar-refractivity contribution >= 4 is 17.1 Å². The van der Waals surface area contributed by atoms with E-state index >= 15 is 0 Å². The van der Waals surface area contributed by atoms with Gasteiger partial charge in [0.05, 0.1) is 5.56 Å². The molecule has 100 valence electrons. The van der Waals surface area contributed by atoms with Crippen LogP contribution in [0.1, 0.15) is 10.4 Å². The minimum atomic E-state index is 0.0358. The molecule has 3 heteroatoms. The van der Waals surface area contributed by atoms with Crippen LogP contribution in [-0.2, 0) is 0 Å². The van der Waals surface area contributed by atoms with Gasteiger partial charge in [-0.15, -0.1) is 0 Å². The highest BCUT2D eigenvalue weighted by molar-refractivity contribution is 6.00. The lowest BCUT2D eigenvalue weighted by Crippen LogP contribution is -1.83. The minimum Gasteiger partial charge on any atom is -0.508 e. The molecule has 0 aromatic heterocycles. The van der Waals surface area contributed by atoms with Crippen LogP contribution in [0.3, 0.4) is 0 Å². The quantitative estimate of drug-likeness (QED) is 0.659. The van der Waals surface area contributed by atoms with Crippen LogP contribution < -0.4 is 0 Å². The van der Waals surface area contributed by atoms with E-state index < -0.39 is 0 Å². The van der Waals surface area contributed by atoms with Crippen molar-refractivity contribution in [1.82, 2.24) is 0 Å². The number of hydrogen-bond acceptors (Lipinski definition) is 3. The number of phenolic OH excluding ortho intramolecular Hbond substituents is 2. The maximum absolute atomic E-state index is 10.7. The molecule has 0 bridgehead atoms. The van der Waals surface area contributed by atoms with Crippen LogP contribution in [0, 0.1) is 0 Å². The van der Waals surface area contributed by atoms with Crippen LogP contribution in [0.15, 0.2) is 66.7 Å². The zero-order chi connectivity index (χ0) is 14.4. The first kappa shape index (κ1) is 13.6. The Morgan fingerprint density at radius 2 is 1.40 bits per heavy atom. The highest BCUT2D eigenvalue weighted by atomic mass is 16.3. The van der Waals surface area contributed by atoms with E-state index in [4.69, 9.17) is 5.11 Å². The van der Waals surface area contributed by atoms with Gasteiger partial charge >= 0.3 is 0 Å². The molecule has 0 aliphatic heterocycles. The van der Waals surface area contributed by atoms with Crippen LogP contribution in [0.4, 0.5) is 0 Å². The van der Waals surface area contributed by atoms with Crippen LogP contribution in [0.25, 0.3) is 10.8 Å². The maximum Gasteiger partial charge on any atom is 0.154 e. The van der Waals surface area contributed by atoms with E-state index in [1.165, 1.54) is 6.07 Å². The lowest BCUT2D eigenvalue weighted by atomic mass is 10.0. The molecule has 3 aromatic carbocycles. The molecule has 0 aliphatic carbocycles. The number of hydrogen-bond donors (Lipinski definition) is 2. The van der Waals surface area contributed by atoms with Gasteiger partial charge in [-0.05, 0) is 29.0 Å². The van der Waals surface area contributed by atoms with Crippen molar-refractivity contribution in [2.75, 3.05) is 0 Å². The molecule has 20 heavy (non-hydrogen) atoms. The first-order valence-electron chi connectivity index (χ1n) is 6.12. The Labute approximate surface area is 116 Å².